The van der Waals surface area contributed by atoms with Crippen LogP contribution in [0.3, 0.4) is 0 Å². The minimum absolute atomic E-state index is 0.0755. The SMILES string of the molecule is O=c1c2ccccc2nc(SCc2c(F)c(F)c(F)c(F)c2F)n1C1CC1. The van der Waals surface area contributed by atoms with Gasteiger partial charge >= 0.3 is 0 Å². The second-order valence-electron chi connectivity index (χ2n) is 6.15. The van der Waals surface area contributed by atoms with Gasteiger partial charge in [-0.3, -0.25) is 9.36 Å². The molecule has 2 aromatic carbocycles. The number of hydrogen-bond donors (Lipinski definition) is 0. The molecule has 1 fully saturated rings. The first kappa shape index (κ1) is 18.0. The zero-order valence-corrected chi connectivity index (χ0v) is 14.4. The quantitative estimate of drug-likeness (QED) is 0.210. The summed E-state index contributed by atoms with van der Waals surface area (Å²) >= 11 is 0.765. The maximum absolute atomic E-state index is 13.9. The van der Waals surface area contributed by atoms with Crippen molar-refractivity contribution in [3.8, 4) is 0 Å². The van der Waals surface area contributed by atoms with Crippen molar-refractivity contribution in [3.05, 3.63) is 69.3 Å². The van der Waals surface area contributed by atoms with Gasteiger partial charge in [-0.05, 0) is 25.0 Å². The Labute approximate surface area is 153 Å². The van der Waals surface area contributed by atoms with Gasteiger partial charge in [0, 0.05) is 17.4 Å². The highest BCUT2D eigenvalue weighted by Gasteiger charge is 2.30. The molecule has 1 aliphatic carbocycles. The number of hydrogen-bond acceptors (Lipinski definition) is 3. The molecule has 0 unspecified atom stereocenters. The molecule has 1 saturated carbocycles. The van der Waals surface area contributed by atoms with Crippen molar-refractivity contribution >= 4 is 22.7 Å². The van der Waals surface area contributed by atoms with Gasteiger partial charge in [0.15, 0.2) is 28.4 Å². The van der Waals surface area contributed by atoms with Crippen molar-refractivity contribution in [2.24, 2.45) is 0 Å². The summed E-state index contributed by atoms with van der Waals surface area (Å²) in [5.41, 5.74) is -0.830. The third-order valence-corrected chi connectivity index (χ3v) is 5.31. The van der Waals surface area contributed by atoms with Crippen molar-refractivity contribution in [2.75, 3.05) is 0 Å². The molecule has 1 aliphatic rings. The Kier molecular flexibility index (Phi) is 4.41. The number of fused-ring (bicyclic) bond motifs is 1. The van der Waals surface area contributed by atoms with Crippen molar-refractivity contribution < 1.29 is 22.0 Å². The van der Waals surface area contributed by atoms with E-state index in [2.05, 4.69) is 4.98 Å². The Bertz CT molecular complexity index is 1100. The minimum Gasteiger partial charge on any atom is -0.284 e. The molecule has 1 heterocycles. The first-order valence-corrected chi connectivity index (χ1v) is 9.03. The Morgan fingerprint density at radius 1 is 0.963 bits per heavy atom. The summed E-state index contributed by atoms with van der Waals surface area (Å²) in [5.74, 6) is -10.5. The van der Waals surface area contributed by atoms with Crippen LogP contribution in [0.15, 0.2) is 34.2 Å². The second kappa shape index (κ2) is 6.63. The third-order valence-electron chi connectivity index (χ3n) is 4.33. The van der Waals surface area contributed by atoms with Gasteiger partial charge in [0.1, 0.15) is 0 Å². The summed E-state index contributed by atoms with van der Waals surface area (Å²) in [6.45, 7) is 0. The van der Waals surface area contributed by atoms with Crippen LogP contribution in [0.1, 0.15) is 24.4 Å². The number of thioether (sulfide) groups is 1. The summed E-state index contributed by atoms with van der Waals surface area (Å²) < 4.78 is 69.1. The first-order chi connectivity index (χ1) is 12.9. The Morgan fingerprint density at radius 3 is 2.19 bits per heavy atom. The largest absolute Gasteiger partial charge is 0.284 e. The predicted octanol–water partition coefficient (Wildman–Crippen LogP) is 4.72. The molecule has 3 aromatic rings. The number of aromatic nitrogens is 2. The lowest BCUT2D eigenvalue weighted by Gasteiger charge is -2.13. The van der Waals surface area contributed by atoms with E-state index in [-0.39, 0.29) is 16.8 Å². The third kappa shape index (κ3) is 2.99. The fraction of sp³-hybridized carbons (Fsp3) is 0.222. The summed E-state index contributed by atoms with van der Waals surface area (Å²) in [6, 6.07) is 6.56. The highest BCUT2D eigenvalue weighted by molar-refractivity contribution is 7.98. The molecular formula is C18H11F5N2OS. The van der Waals surface area contributed by atoms with E-state index in [0.717, 1.165) is 24.6 Å². The molecule has 140 valence electrons. The van der Waals surface area contributed by atoms with E-state index in [0.29, 0.717) is 10.9 Å². The van der Waals surface area contributed by atoms with Gasteiger partial charge in [0.2, 0.25) is 5.82 Å². The minimum atomic E-state index is -2.20. The molecule has 27 heavy (non-hydrogen) atoms. The van der Waals surface area contributed by atoms with Crippen LogP contribution in [0.2, 0.25) is 0 Å². The topological polar surface area (TPSA) is 34.9 Å². The molecule has 9 heteroatoms. The average molecular weight is 398 g/mol. The van der Waals surface area contributed by atoms with Crippen LogP contribution in [0.25, 0.3) is 10.9 Å². The number of para-hydroxylation sites is 1. The Morgan fingerprint density at radius 2 is 1.56 bits per heavy atom. The maximum atomic E-state index is 13.9. The van der Waals surface area contributed by atoms with Crippen LogP contribution in [0.4, 0.5) is 22.0 Å². The van der Waals surface area contributed by atoms with Crippen LogP contribution in [-0.2, 0) is 5.75 Å². The first-order valence-electron chi connectivity index (χ1n) is 8.04. The zero-order valence-electron chi connectivity index (χ0n) is 13.6. The summed E-state index contributed by atoms with van der Waals surface area (Å²) in [7, 11) is 0. The van der Waals surface area contributed by atoms with Crippen molar-refractivity contribution in [1.82, 2.24) is 9.55 Å². The molecule has 3 nitrogen and oxygen atoms in total. The summed E-state index contributed by atoms with van der Waals surface area (Å²) in [5, 5.41) is 0.593. The van der Waals surface area contributed by atoms with Crippen molar-refractivity contribution in [3.63, 3.8) is 0 Å². The van der Waals surface area contributed by atoms with Gasteiger partial charge in [-0.2, -0.15) is 0 Å². The number of nitrogens with zero attached hydrogens (tertiary/aromatic N) is 2. The van der Waals surface area contributed by atoms with E-state index in [1.54, 1.807) is 24.3 Å². The van der Waals surface area contributed by atoms with Crippen LogP contribution in [0, 0.1) is 29.1 Å². The molecule has 0 spiro atoms. The molecule has 0 aliphatic heterocycles. The van der Waals surface area contributed by atoms with Gasteiger partial charge in [0.05, 0.1) is 10.9 Å². The molecule has 0 bridgehead atoms. The molecule has 0 radical (unpaired) electrons. The lowest BCUT2D eigenvalue weighted by molar-refractivity contribution is 0.372. The fourth-order valence-electron chi connectivity index (χ4n) is 2.80. The number of benzene rings is 2. The van der Waals surface area contributed by atoms with E-state index >= 15 is 0 Å². The van der Waals surface area contributed by atoms with E-state index < -0.39 is 40.4 Å². The molecule has 0 saturated heterocycles. The lowest BCUT2D eigenvalue weighted by Crippen LogP contribution is -2.22. The smallest absolute Gasteiger partial charge is 0.262 e. The zero-order chi connectivity index (χ0) is 19.3. The fourth-order valence-corrected chi connectivity index (χ4v) is 3.86. The normalized spacial score (nSPS) is 14.1. The van der Waals surface area contributed by atoms with Crippen LogP contribution in [-0.4, -0.2) is 9.55 Å². The monoisotopic (exact) mass is 398 g/mol. The van der Waals surface area contributed by atoms with E-state index in [1.807, 2.05) is 0 Å². The highest BCUT2D eigenvalue weighted by Crippen LogP contribution is 2.38. The molecular weight excluding hydrogens is 387 g/mol. The summed E-state index contributed by atoms with van der Waals surface area (Å²) in [4.78, 5) is 17.1. The van der Waals surface area contributed by atoms with Gasteiger partial charge in [-0.15, -0.1) is 0 Å². The van der Waals surface area contributed by atoms with Gasteiger partial charge in [0.25, 0.3) is 5.56 Å². The lowest BCUT2D eigenvalue weighted by atomic mass is 10.2. The number of halogens is 5. The van der Waals surface area contributed by atoms with Crippen LogP contribution < -0.4 is 5.56 Å². The Balaban J connectivity index is 1.77. The van der Waals surface area contributed by atoms with Gasteiger partial charge < -0.3 is 0 Å². The average Bonchev–Trinajstić information content (AvgIpc) is 3.50. The van der Waals surface area contributed by atoms with E-state index in [4.69, 9.17) is 0 Å². The predicted molar refractivity (Wildman–Crippen MR) is 90.1 cm³/mol. The standard InChI is InChI=1S/C18H11F5N2OS/c19-12-10(13(20)15(22)16(23)14(12)21)7-27-18-24-11-4-2-1-3-9(11)17(26)25(18)8-5-6-8/h1-4,8H,5-7H2. The van der Waals surface area contributed by atoms with Gasteiger partial charge in [-0.1, -0.05) is 23.9 Å². The molecule has 0 atom stereocenters. The van der Waals surface area contributed by atoms with Crippen LogP contribution in [0.5, 0.6) is 0 Å². The van der Waals surface area contributed by atoms with Crippen LogP contribution >= 0.6 is 11.8 Å². The Hall–Kier alpha value is -2.42. The second-order valence-corrected chi connectivity index (χ2v) is 7.10. The van der Waals surface area contributed by atoms with Gasteiger partial charge in [-0.25, -0.2) is 26.9 Å². The number of rotatable bonds is 4. The van der Waals surface area contributed by atoms with Crippen molar-refractivity contribution in [2.45, 2.75) is 29.8 Å². The molecule has 1 aromatic heterocycles. The highest BCUT2D eigenvalue weighted by atomic mass is 32.2. The van der Waals surface area contributed by atoms with E-state index in [9.17, 15) is 26.7 Å². The molecule has 4 rings (SSSR count). The van der Waals surface area contributed by atoms with E-state index in [1.165, 1.54) is 4.57 Å². The summed E-state index contributed by atoms with van der Waals surface area (Å²) in [6.07, 6.45) is 1.52. The maximum Gasteiger partial charge on any atom is 0.262 e. The molecule has 0 N–H and O–H groups in total. The molecule has 0 amide bonds. The van der Waals surface area contributed by atoms with Crippen molar-refractivity contribution in [1.29, 1.82) is 0 Å².